The number of nitrogens with zero attached hydrogens (tertiary/aromatic N) is 1. The van der Waals surface area contributed by atoms with Crippen LogP contribution in [0.2, 0.25) is 0 Å². The van der Waals surface area contributed by atoms with Crippen LogP contribution in [0.5, 0.6) is 0 Å². The van der Waals surface area contributed by atoms with E-state index in [2.05, 4.69) is 40.0 Å². The van der Waals surface area contributed by atoms with Gasteiger partial charge in [-0.05, 0) is 0 Å². The van der Waals surface area contributed by atoms with Gasteiger partial charge < -0.3 is 0 Å². The summed E-state index contributed by atoms with van der Waals surface area (Å²) in [5.74, 6) is 0.258. The first-order valence-electron chi connectivity index (χ1n) is 7.81. The van der Waals surface area contributed by atoms with Gasteiger partial charge in [0.15, 0.2) is 0 Å². The maximum atomic E-state index is 11.6. The maximum absolute atomic E-state index is 11.6. The van der Waals surface area contributed by atoms with Crippen LogP contribution in [0.1, 0.15) is 32.6 Å². The molecule has 1 fully saturated rings. The van der Waals surface area contributed by atoms with Crippen LogP contribution in [0.4, 0.5) is 0 Å². The molecule has 0 radical (unpaired) electrons. The number of rotatable bonds is 1. The van der Waals surface area contributed by atoms with Crippen molar-refractivity contribution in [3.8, 4) is 0 Å². The topological polar surface area (TPSA) is 56.4 Å². The van der Waals surface area contributed by atoms with E-state index in [9.17, 15) is 4.79 Å². The molecule has 115 valence electrons. The van der Waals surface area contributed by atoms with E-state index in [4.69, 9.17) is 0 Å². The summed E-state index contributed by atoms with van der Waals surface area (Å²) in [5, 5.41) is 10.3. The third-order valence-electron chi connectivity index (χ3n) is 3.59. The van der Waals surface area contributed by atoms with Gasteiger partial charge in [-0.2, -0.15) is 0 Å². The van der Waals surface area contributed by atoms with Crippen LogP contribution >= 0.6 is 0 Å². The fraction of sp³-hybridized carbons (Fsp3) is 0.929. The number of nitrogens with one attached hydrogen (secondary N) is 3. The number of carbonyl (C=O) groups excluding carboxylic acids is 1. The zero-order valence-corrected chi connectivity index (χ0v) is 14.3. The summed E-state index contributed by atoms with van der Waals surface area (Å²) in [5.41, 5.74) is 0. The van der Waals surface area contributed by atoms with Crippen LogP contribution in [-0.2, 0) is 25.5 Å². The summed E-state index contributed by atoms with van der Waals surface area (Å²) >= 11 is 2.14. The average molecular weight is 317 g/mol. The standard InChI is InChI=1S/C14H29N4O.Ti/c1-13(19)14-5-12-17-9-3-8-15-6-2-7-16-10-4-11-18-14;/h14-16,18H,2-12H2,1H3;/q-1;+1. The molecule has 6 heteroatoms. The van der Waals surface area contributed by atoms with Crippen molar-refractivity contribution in [2.75, 3.05) is 45.8 Å². The molecule has 3 N–H and O–H groups in total. The molecule has 1 unspecified atom stereocenters. The van der Waals surface area contributed by atoms with Crippen LogP contribution in [0, 0.1) is 0 Å². The Balaban J connectivity index is 2.34. The Hall–Kier alpha value is 0.224. The molecule has 0 amide bonds. The van der Waals surface area contributed by atoms with Crippen LogP contribution < -0.4 is 16.0 Å². The molecule has 1 rings (SSSR count). The van der Waals surface area contributed by atoms with E-state index >= 15 is 0 Å². The second kappa shape index (κ2) is 11.8. The quantitative estimate of drug-likeness (QED) is 0.597. The molecule has 0 spiro atoms. The van der Waals surface area contributed by atoms with Gasteiger partial charge in [0.2, 0.25) is 0 Å². The summed E-state index contributed by atoms with van der Waals surface area (Å²) < 4.78 is 2.33. The summed E-state index contributed by atoms with van der Waals surface area (Å²) in [7, 11) is 0. The van der Waals surface area contributed by atoms with Gasteiger partial charge in [-0.3, -0.25) is 0 Å². The van der Waals surface area contributed by atoms with Crippen molar-refractivity contribution >= 4 is 5.78 Å². The molecule has 1 aliphatic rings. The number of carbonyl (C=O) groups is 1. The second-order valence-electron chi connectivity index (χ2n) is 5.45. The van der Waals surface area contributed by atoms with Gasteiger partial charge in [-0.15, -0.1) is 0 Å². The molecular formula is C14H29N4OTi. The molecule has 0 aromatic rings. The molecule has 1 heterocycles. The molecule has 0 aromatic carbocycles. The van der Waals surface area contributed by atoms with Gasteiger partial charge >= 0.3 is 135 Å². The Kier molecular flexibility index (Phi) is 10.8. The fourth-order valence-corrected chi connectivity index (χ4v) is 2.77. The third-order valence-corrected chi connectivity index (χ3v) is 4.29. The predicted octanol–water partition coefficient (Wildman–Crippen LogP) is 0.0506. The Morgan fingerprint density at radius 3 is 2.25 bits per heavy atom. The van der Waals surface area contributed by atoms with Crippen molar-refractivity contribution < 1.29 is 25.5 Å². The van der Waals surface area contributed by atoms with E-state index in [-0.39, 0.29) is 11.8 Å². The van der Waals surface area contributed by atoms with Gasteiger partial charge in [0.25, 0.3) is 0 Å². The minimum absolute atomic E-state index is 0.0171. The van der Waals surface area contributed by atoms with Crippen molar-refractivity contribution in [1.82, 2.24) is 19.3 Å². The molecule has 0 saturated carbocycles. The molecule has 0 bridgehead atoms. The first kappa shape index (κ1) is 18.3. The molecule has 1 atom stereocenters. The number of Topliss-reactive ketones (excluding diaryl/α,β-unsaturated/α-hetero) is 1. The molecule has 1 aliphatic heterocycles. The summed E-state index contributed by atoms with van der Waals surface area (Å²) in [6.07, 6.45) is 4.33. The number of hydrogen-bond acceptors (Lipinski definition) is 5. The van der Waals surface area contributed by atoms with Gasteiger partial charge in [0, 0.05) is 0 Å². The van der Waals surface area contributed by atoms with E-state index in [0.29, 0.717) is 0 Å². The monoisotopic (exact) mass is 317 g/mol. The van der Waals surface area contributed by atoms with Gasteiger partial charge in [0.1, 0.15) is 0 Å². The van der Waals surface area contributed by atoms with E-state index in [1.54, 1.807) is 6.92 Å². The van der Waals surface area contributed by atoms with E-state index in [1.807, 2.05) is 0 Å². The van der Waals surface area contributed by atoms with Gasteiger partial charge in [0.05, 0.1) is 0 Å². The van der Waals surface area contributed by atoms with Crippen molar-refractivity contribution in [1.29, 1.82) is 0 Å². The normalized spacial score (nSPS) is 26.1. The molecule has 1 saturated heterocycles. The van der Waals surface area contributed by atoms with Crippen molar-refractivity contribution in [3.05, 3.63) is 0 Å². The first-order chi connectivity index (χ1) is 9.70. The Bertz CT molecular complexity index is 266. The molecular weight excluding hydrogens is 288 g/mol. The number of ketones is 1. The SMILES string of the molecule is CC(=O)C1CC[N]([Ti])CCCNCCCNCCCN1. The van der Waals surface area contributed by atoms with Crippen LogP contribution in [-0.4, -0.2) is 61.0 Å². The second-order valence-corrected chi connectivity index (χ2v) is 6.44. The Morgan fingerprint density at radius 1 is 1.00 bits per heavy atom. The Labute approximate surface area is 135 Å². The predicted molar refractivity (Wildman–Crippen MR) is 78.3 cm³/mol. The number of hydrogen-bond donors (Lipinski definition) is 3. The Morgan fingerprint density at radius 2 is 1.60 bits per heavy atom. The van der Waals surface area contributed by atoms with E-state index in [1.165, 1.54) is 12.8 Å². The van der Waals surface area contributed by atoms with Crippen molar-refractivity contribution in [2.24, 2.45) is 0 Å². The van der Waals surface area contributed by atoms with E-state index in [0.717, 1.165) is 58.7 Å². The van der Waals surface area contributed by atoms with Gasteiger partial charge in [-0.1, -0.05) is 0 Å². The molecule has 5 nitrogen and oxygen atoms in total. The average Bonchev–Trinajstić information content (AvgIpc) is 2.41. The van der Waals surface area contributed by atoms with Crippen molar-refractivity contribution in [3.63, 3.8) is 0 Å². The minimum atomic E-state index is 0.0171. The third kappa shape index (κ3) is 9.21. The summed E-state index contributed by atoms with van der Waals surface area (Å²) in [6.45, 7) is 8.96. The van der Waals surface area contributed by atoms with Crippen molar-refractivity contribution in [2.45, 2.75) is 38.6 Å². The first-order valence-corrected chi connectivity index (χ1v) is 8.51. The molecule has 0 aliphatic carbocycles. The van der Waals surface area contributed by atoms with Gasteiger partial charge in [-0.25, -0.2) is 0 Å². The summed E-state index contributed by atoms with van der Waals surface area (Å²) in [4.78, 5) is 11.6. The molecule has 20 heavy (non-hydrogen) atoms. The molecule has 0 aromatic heterocycles. The summed E-state index contributed by atoms with van der Waals surface area (Å²) in [6, 6.07) is 0.0171. The zero-order chi connectivity index (χ0) is 14.6. The van der Waals surface area contributed by atoms with Crippen LogP contribution in [0.25, 0.3) is 0 Å². The van der Waals surface area contributed by atoms with E-state index < -0.39 is 0 Å². The zero-order valence-electron chi connectivity index (χ0n) is 12.7. The van der Waals surface area contributed by atoms with Crippen LogP contribution in [0.3, 0.4) is 0 Å². The fourth-order valence-electron chi connectivity index (χ4n) is 2.32. The van der Waals surface area contributed by atoms with Crippen LogP contribution in [0.15, 0.2) is 0 Å².